The van der Waals surface area contributed by atoms with Gasteiger partial charge in [-0.1, -0.05) is 0 Å². The van der Waals surface area contributed by atoms with Gasteiger partial charge in [-0.05, 0) is 6.92 Å². The maximum atomic E-state index is 11.2. The van der Waals surface area contributed by atoms with Crippen molar-refractivity contribution in [3.8, 4) is 0 Å². The van der Waals surface area contributed by atoms with Gasteiger partial charge in [0.15, 0.2) is 6.29 Å². The van der Waals surface area contributed by atoms with Crippen molar-refractivity contribution in [3.63, 3.8) is 0 Å². The Morgan fingerprint density at radius 1 is 1.73 bits per heavy atom. The fourth-order valence-electron chi connectivity index (χ4n) is 1.24. The Hall–Kier alpha value is -1.07. The largest absolute Gasteiger partial charge is 0.355 e. The van der Waals surface area contributed by atoms with Crippen LogP contribution in [0, 0.1) is 0 Å². The Balaban J connectivity index is 2.23. The number of carbonyl (C=O) groups is 1. The minimum Gasteiger partial charge on any atom is -0.355 e. The zero-order valence-electron chi connectivity index (χ0n) is 6.22. The van der Waals surface area contributed by atoms with Gasteiger partial charge in [-0.25, -0.2) is 10.4 Å². The van der Waals surface area contributed by atoms with E-state index in [1.165, 1.54) is 5.01 Å². The molecule has 0 saturated carbocycles. The summed E-state index contributed by atoms with van der Waals surface area (Å²) in [6.45, 7) is 2.50. The van der Waals surface area contributed by atoms with Crippen LogP contribution in [0.2, 0.25) is 0 Å². The van der Waals surface area contributed by atoms with Crippen molar-refractivity contribution in [3.05, 3.63) is 11.8 Å². The zero-order valence-corrected chi connectivity index (χ0v) is 6.22. The van der Waals surface area contributed by atoms with Crippen LogP contribution in [0.15, 0.2) is 11.8 Å². The first-order valence-electron chi connectivity index (χ1n) is 3.52. The molecule has 1 fully saturated rings. The summed E-state index contributed by atoms with van der Waals surface area (Å²) in [6, 6.07) is 0. The van der Waals surface area contributed by atoms with Crippen molar-refractivity contribution in [1.29, 1.82) is 0 Å². The number of hydrazine groups is 1. The van der Waals surface area contributed by atoms with Crippen LogP contribution in [0.1, 0.15) is 6.92 Å². The highest BCUT2D eigenvalue weighted by Crippen LogP contribution is 2.05. The van der Waals surface area contributed by atoms with E-state index >= 15 is 0 Å². The minimum absolute atomic E-state index is 0.00347. The molecule has 1 atom stereocenters. The summed E-state index contributed by atoms with van der Waals surface area (Å²) in [6.07, 6.45) is 1.49. The number of nitrogens with zero attached hydrogens (tertiary/aromatic N) is 1. The monoisotopic (exact) mass is 154 g/mol. The molecule has 2 heterocycles. The van der Waals surface area contributed by atoms with Crippen LogP contribution in [0.3, 0.4) is 0 Å². The molecule has 60 valence electrons. The summed E-state index contributed by atoms with van der Waals surface area (Å²) in [5, 5.41) is 7.70. The number of allylic oxidation sites excluding steroid dienone is 1. The van der Waals surface area contributed by atoms with Crippen molar-refractivity contribution in [2.75, 3.05) is 6.67 Å². The topological polar surface area (TPSA) is 56.4 Å². The Bertz CT molecular complexity index is 225. The molecule has 5 heteroatoms. The molecule has 2 rings (SSSR count). The molecular formula is C6H10N4O. The predicted molar refractivity (Wildman–Crippen MR) is 38.7 cm³/mol. The van der Waals surface area contributed by atoms with E-state index in [-0.39, 0.29) is 12.2 Å². The van der Waals surface area contributed by atoms with Gasteiger partial charge in [0.2, 0.25) is 0 Å². The highest BCUT2D eigenvalue weighted by molar-refractivity contribution is 5.89. The molecule has 0 bridgehead atoms. The summed E-state index contributed by atoms with van der Waals surface area (Å²) in [5.41, 5.74) is 3.79. The Kier molecular flexibility index (Phi) is 1.33. The molecule has 1 saturated heterocycles. The van der Waals surface area contributed by atoms with Crippen LogP contribution < -0.4 is 16.1 Å². The van der Waals surface area contributed by atoms with Gasteiger partial charge >= 0.3 is 0 Å². The molecule has 0 radical (unpaired) electrons. The lowest BCUT2D eigenvalue weighted by atomic mass is 10.3. The lowest BCUT2D eigenvalue weighted by Gasteiger charge is -2.28. The Morgan fingerprint density at radius 3 is 3.36 bits per heavy atom. The van der Waals surface area contributed by atoms with Crippen LogP contribution in [0.5, 0.6) is 0 Å². The standard InChI is InChI=1S/C6H10N4O/c1-4-2-5(11)10-6(9-4)7-3-8-10/h2,6-9H,3H2,1H3. The van der Waals surface area contributed by atoms with E-state index in [9.17, 15) is 4.79 Å². The van der Waals surface area contributed by atoms with Gasteiger partial charge in [-0.15, -0.1) is 0 Å². The fraction of sp³-hybridized carbons (Fsp3) is 0.500. The molecule has 1 unspecified atom stereocenters. The molecule has 0 aromatic carbocycles. The van der Waals surface area contributed by atoms with Crippen LogP contribution in [0.4, 0.5) is 0 Å². The number of rotatable bonds is 0. The van der Waals surface area contributed by atoms with Crippen molar-refractivity contribution >= 4 is 5.91 Å². The molecule has 11 heavy (non-hydrogen) atoms. The molecule has 0 spiro atoms. The average molecular weight is 154 g/mol. The average Bonchev–Trinajstić information content (AvgIpc) is 2.34. The SMILES string of the molecule is CC1=CC(=O)N2NCNC2N1. The first kappa shape index (κ1) is 6.63. The van der Waals surface area contributed by atoms with Crippen molar-refractivity contribution in [2.24, 2.45) is 0 Å². The normalized spacial score (nSPS) is 29.5. The molecule has 0 aromatic rings. The van der Waals surface area contributed by atoms with E-state index < -0.39 is 0 Å². The molecule has 3 N–H and O–H groups in total. The Labute approximate surface area is 64.4 Å². The van der Waals surface area contributed by atoms with Crippen molar-refractivity contribution < 1.29 is 4.79 Å². The third-order valence-electron chi connectivity index (χ3n) is 1.74. The number of carbonyl (C=O) groups excluding carboxylic acids is 1. The molecular weight excluding hydrogens is 144 g/mol. The van der Waals surface area contributed by atoms with E-state index in [1.54, 1.807) is 6.08 Å². The third-order valence-corrected chi connectivity index (χ3v) is 1.74. The number of nitrogens with one attached hydrogen (secondary N) is 3. The quantitative estimate of drug-likeness (QED) is 0.404. The molecule has 0 aromatic heterocycles. The first-order chi connectivity index (χ1) is 5.27. The maximum Gasteiger partial charge on any atom is 0.265 e. The van der Waals surface area contributed by atoms with E-state index in [2.05, 4.69) is 16.1 Å². The summed E-state index contributed by atoms with van der Waals surface area (Å²) in [7, 11) is 0. The minimum atomic E-state index is -0.0764. The smallest absolute Gasteiger partial charge is 0.265 e. The summed E-state index contributed by atoms with van der Waals surface area (Å²) >= 11 is 0. The fourth-order valence-corrected chi connectivity index (χ4v) is 1.24. The lowest BCUT2D eigenvalue weighted by Crippen LogP contribution is -2.54. The van der Waals surface area contributed by atoms with Gasteiger partial charge in [0, 0.05) is 11.8 Å². The second-order valence-electron chi connectivity index (χ2n) is 2.62. The van der Waals surface area contributed by atoms with E-state index in [4.69, 9.17) is 0 Å². The van der Waals surface area contributed by atoms with Gasteiger partial charge in [0.25, 0.3) is 5.91 Å². The van der Waals surface area contributed by atoms with E-state index in [1.807, 2.05) is 6.92 Å². The molecule has 2 aliphatic heterocycles. The molecule has 5 nitrogen and oxygen atoms in total. The van der Waals surface area contributed by atoms with Gasteiger partial charge in [-0.2, -0.15) is 0 Å². The molecule has 1 amide bonds. The van der Waals surface area contributed by atoms with Gasteiger partial charge in [-0.3, -0.25) is 10.1 Å². The van der Waals surface area contributed by atoms with Gasteiger partial charge < -0.3 is 5.32 Å². The van der Waals surface area contributed by atoms with Crippen molar-refractivity contribution in [1.82, 2.24) is 21.1 Å². The van der Waals surface area contributed by atoms with E-state index in [0.717, 1.165) is 5.70 Å². The maximum absolute atomic E-state index is 11.2. The molecule has 2 aliphatic rings. The summed E-state index contributed by atoms with van der Waals surface area (Å²) < 4.78 is 0. The van der Waals surface area contributed by atoms with Gasteiger partial charge in [0.1, 0.15) is 0 Å². The lowest BCUT2D eigenvalue weighted by molar-refractivity contribution is -0.131. The van der Waals surface area contributed by atoms with Crippen molar-refractivity contribution in [2.45, 2.75) is 13.2 Å². The zero-order chi connectivity index (χ0) is 7.84. The molecule has 0 aliphatic carbocycles. The number of hydrogen-bond donors (Lipinski definition) is 3. The van der Waals surface area contributed by atoms with Crippen LogP contribution in [-0.2, 0) is 4.79 Å². The number of fused-ring (bicyclic) bond motifs is 1. The van der Waals surface area contributed by atoms with Gasteiger partial charge in [0.05, 0.1) is 6.67 Å². The third kappa shape index (κ3) is 0.979. The number of hydrogen-bond acceptors (Lipinski definition) is 4. The van der Waals surface area contributed by atoms with E-state index in [0.29, 0.717) is 6.67 Å². The Morgan fingerprint density at radius 2 is 2.55 bits per heavy atom. The second-order valence-corrected chi connectivity index (χ2v) is 2.62. The first-order valence-corrected chi connectivity index (χ1v) is 3.52. The highest BCUT2D eigenvalue weighted by Gasteiger charge is 2.30. The van der Waals surface area contributed by atoms with Crippen LogP contribution in [0.25, 0.3) is 0 Å². The highest BCUT2D eigenvalue weighted by atomic mass is 16.2. The van der Waals surface area contributed by atoms with Crippen LogP contribution >= 0.6 is 0 Å². The second kappa shape index (κ2) is 2.21. The number of amides is 1. The summed E-state index contributed by atoms with van der Waals surface area (Å²) in [5.74, 6) is -0.00347. The predicted octanol–water partition coefficient (Wildman–Crippen LogP) is -1.33. The van der Waals surface area contributed by atoms with Crippen LogP contribution in [-0.4, -0.2) is 23.9 Å². The summed E-state index contributed by atoms with van der Waals surface area (Å²) in [4.78, 5) is 11.2.